The number of imidazole rings is 1. The number of fused-ring (bicyclic) bond motifs is 2. The first-order chi connectivity index (χ1) is 9.33. The highest BCUT2D eigenvalue weighted by Gasteiger charge is 2.28. The van der Waals surface area contributed by atoms with Gasteiger partial charge in [0.15, 0.2) is 5.65 Å². The molecule has 0 bridgehead atoms. The van der Waals surface area contributed by atoms with E-state index in [0.29, 0.717) is 5.65 Å². The van der Waals surface area contributed by atoms with Crippen molar-refractivity contribution in [1.82, 2.24) is 24.9 Å². The maximum absolute atomic E-state index is 5.77. The Morgan fingerprint density at radius 2 is 2.16 bits per heavy atom. The molecule has 1 aliphatic rings. The molecule has 1 aliphatic carbocycles. The van der Waals surface area contributed by atoms with Gasteiger partial charge in [0.05, 0.1) is 17.7 Å². The molecule has 0 aromatic carbocycles. The van der Waals surface area contributed by atoms with Gasteiger partial charge in [0.25, 0.3) is 0 Å². The van der Waals surface area contributed by atoms with Crippen LogP contribution in [0.4, 0.5) is 5.95 Å². The van der Waals surface area contributed by atoms with Gasteiger partial charge in [0.1, 0.15) is 5.52 Å². The van der Waals surface area contributed by atoms with Crippen molar-refractivity contribution >= 4 is 17.1 Å². The molecule has 0 amide bonds. The summed E-state index contributed by atoms with van der Waals surface area (Å²) >= 11 is 0. The topological polar surface area (TPSA) is 93.4 Å². The van der Waals surface area contributed by atoms with Crippen molar-refractivity contribution in [2.24, 2.45) is 0 Å². The van der Waals surface area contributed by atoms with Crippen LogP contribution in [0.2, 0.25) is 0 Å². The highest BCUT2D eigenvalue weighted by molar-refractivity contribution is 5.75. The minimum Gasteiger partial charge on any atom is -0.368 e. The Kier molecular flexibility index (Phi) is 2.05. The predicted molar refractivity (Wildman–Crippen MR) is 70.5 cm³/mol. The normalized spacial score (nSPS) is 17.8. The van der Waals surface area contributed by atoms with Crippen LogP contribution < -0.4 is 5.73 Å². The second kappa shape index (κ2) is 3.74. The van der Waals surface area contributed by atoms with Gasteiger partial charge in [-0.15, -0.1) is 0 Å². The van der Waals surface area contributed by atoms with Crippen LogP contribution in [0.15, 0.2) is 24.7 Å². The largest absolute Gasteiger partial charge is 0.368 e. The number of anilines is 1. The third-order valence-electron chi connectivity index (χ3n) is 3.62. The van der Waals surface area contributed by atoms with E-state index in [2.05, 4.69) is 31.0 Å². The molecule has 1 unspecified atom stereocenters. The smallest absolute Gasteiger partial charge is 0.222 e. The third kappa shape index (κ3) is 1.49. The van der Waals surface area contributed by atoms with Crippen molar-refractivity contribution in [2.45, 2.75) is 18.8 Å². The van der Waals surface area contributed by atoms with E-state index >= 15 is 0 Å². The molecule has 94 valence electrons. The number of hydrogen-bond acceptors (Lipinski definition) is 5. The summed E-state index contributed by atoms with van der Waals surface area (Å²) in [5.41, 5.74) is 10.5. The number of pyridine rings is 1. The number of nitrogens with one attached hydrogen (secondary N) is 1. The minimum absolute atomic E-state index is 0.171. The average Bonchev–Trinajstić information content (AvgIpc) is 3.03. The quantitative estimate of drug-likeness (QED) is 0.683. The number of nitrogens with two attached hydrogens (primary N) is 1. The van der Waals surface area contributed by atoms with E-state index in [4.69, 9.17) is 5.73 Å². The van der Waals surface area contributed by atoms with Crippen molar-refractivity contribution in [3.05, 3.63) is 41.6 Å². The van der Waals surface area contributed by atoms with Crippen LogP contribution in [0, 0.1) is 0 Å². The van der Waals surface area contributed by atoms with Crippen LogP contribution in [0.3, 0.4) is 0 Å². The van der Waals surface area contributed by atoms with Crippen LogP contribution >= 0.6 is 0 Å². The zero-order chi connectivity index (χ0) is 12.8. The Labute approximate surface area is 109 Å². The molecule has 1 atom stereocenters. The lowest BCUT2D eigenvalue weighted by atomic mass is 10.0. The third-order valence-corrected chi connectivity index (χ3v) is 3.62. The van der Waals surface area contributed by atoms with Gasteiger partial charge in [-0.25, -0.2) is 9.97 Å². The molecule has 0 fully saturated rings. The molecule has 0 aliphatic heterocycles. The number of aryl methyl sites for hydroxylation is 1. The van der Waals surface area contributed by atoms with Crippen LogP contribution in [-0.2, 0) is 6.42 Å². The van der Waals surface area contributed by atoms with Crippen molar-refractivity contribution in [3.8, 4) is 0 Å². The summed E-state index contributed by atoms with van der Waals surface area (Å²) in [4.78, 5) is 20.3. The van der Waals surface area contributed by atoms with Crippen LogP contribution in [-0.4, -0.2) is 24.9 Å². The van der Waals surface area contributed by atoms with E-state index in [-0.39, 0.29) is 11.9 Å². The van der Waals surface area contributed by atoms with E-state index in [1.165, 1.54) is 5.56 Å². The SMILES string of the molecule is Nc1nc(C2CCc3cccnc32)c2[nH]cnc2n1. The van der Waals surface area contributed by atoms with Crippen molar-refractivity contribution in [2.75, 3.05) is 5.73 Å². The summed E-state index contributed by atoms with van der Waals surface area (Å²) in [6, 6.07) is 4.10. The average molecular weight is 252 g/mol. The lowest BCUT2D eigenvalue weighted by molar-refractivity contribution is 0.751. The minimum atomic E-state index is 0.171. The molecule has 0 saturated heterocycles. The first-order valence-corrected chi connectivity index (χ1v) is 6.23. The van der Waals surface area contributed by atoms with E-state index < -0.39 is 0 Å². The molecule has 3 N–H and O–H groups in total. The fraction of sp³-hybridized carbons (Fsp3) is 0.231. The summed E-state index contributed by atoms with van der Waals surface area (Å²) in [5, 5.41) is 0. The second-order valence-corrected chi connectivity index (χ2v) is 4.71. The van der Waals surface area contributed by atoms with Gasteiger partial charge in [-0.3, -0.25) is 4.98 Å². The summed E-state index contributed by atoms with van der Waals surface area (Å²) in [6.07, 6.45) is 5.47. The highest BCUT2D eigenvalue weighted by Crippen LogP contribution is 2.37. The van der Waals surface area contributed by atoms with Gasteiger partial charge in [-0.2, -0.15) is 4.98 Å². The number of aromatic amines is 1. The molecule has 3 aromatic rings. The molecule has 0 spiro atoms. The van der Waals surface area contributed by atoms with E-state index in [1.807, 2.05) is 12.3 Å². The summed E-state index contributed by atoms with van der Waals surface area (Å²) in [6.45, 7) is 0. The Morgan fingerprint density at radius 1 is 1.21 bits per heavy atom. The molecule has 6 nitrogen and oxygen atoms in total. The van der Waals surface area contributed by atoms with Gasteiger partial charge in [0, 0.05) is 12.1 Å². The standard InChI is InChI=1S/C13H12N6/c14-13-18-10(11-12(19-13)17-6-16-11)8-4-3-7-2-1-5-15-9(7)8/h1-2,5-6,8H,3-4H2,(H3,14,16,17,18,19). The van der Waals surface area contributed by atoms with Gasteiger partial charge in [-0.1, -0.05) is 6.07 Å². The fourth-order valence-corrected chi connectivity index (χ4v) is 2.80. The number of rotatable bonds is 1. The summed E-state index contributed by atoms with van der Waals surface area (Å²) in [7, 11) is 0. The molecule has 4 rings (SSSR count). The van der Waals surface area contributed by atoms with Crippen LogP contribution in [0.1, 0.15) is 29.3 Å². The molecule has 0 radical (unpaired) electrons. The van der Waals surface area contributed by atoms with Crippen molar-refractivity contribution < 1.29 is 0 Å². The number of H-pyrrole nitrogens is 1. The summed E-state index contributed by atoms with van der Waals surface area (Å²) < 4.78 is 0. The first-order valence-electron chi connectivity index (χ1n) is 6.23. The lowest BCUT2D eigenvalue weighted by Gasteiger charge is -2.11. The van der Waals surface area contributed by atoms with Crippen LogP contribution in [0.5, 0.6) is 0 Å². The monoisotopic (exact) mass is 252 g/mol. The van der Waals surface area contributed by atoms with Gasteiger partial charge in [-0.05, 0) is 24.5 Å². The molecule has 0 saturated carbocycles. The molecular formula is C13H12N6. The van der Waals surface area contributed by atoms with E-state index in [1.54, 1.807) is 6.33 Å². The Hall–Kier alpha value is -2.50. The van der Waals surface area contributed by atoms with Gasteiger partial charge < -0.3 is 10.7 Å². The molecule has 3 aromatic heterocycles. The van der Waals surface area contributed by atoms with Gasteiger partial charge >= 0.3 is 0 Å². The molecular weight excluding hydrogens is 240 g/mol. The second-order valence-electron chi connectivity index (χ2n) is 4.71. The molecule has 19 heavy (non-hydrogen) atoms. The first kappa shape index (κ1) is 10.4. The van der Waals surface area contributed by atoms with E-state index in [0.717, 1.165) is 29.7 Å². The van der Waals surface area contributed by atoms with Gasteiger partial charge in [0.2, 0.25) is 5.95 Å². The molecule has 3 heterocycles. The van der Waals surface area contributed by atoms with Crippen molar-refractivity contribution in [3.63, 3.8) is 0 Å². The van der Waals surface area contributed by atoms with Crippen molar-refractivity contribution in [1.29, 1.82) is 0 Å². The Bertz CT molecular complexity index is 763. The van der Waals surface area contributed by atoms with Crippen LogP contribution in [0.25, 0.3) is 11.2 Å². The zero-order valence-corrected chi connectivity index (χ0v) is 10.2. The maximum Gasteiger partial charge on any atom is 0.222 e. The molecule has 6 heteroatoms. The Balaban J connectivity index is 1.94. The fourth-order valence-electron chi connectivity index (χ4n) is 2.80. The zero-order valence-electron chi connectivity index (χ0n) is 10.2. The predicted octanol–water partition coefficient (Wildman–Crippen LogP) is 1.41. The number of hydrogen-bond donors (Lipinski definition) is 2. The summed E-state index contributed by atoms with van der Waals surface area (Å²) in [5.74, 6) is 0.434. The highest BCUT2D eigenvalue weighted by atomic mass is 15.1. The number of aromatic nitrogens is 5. The number of nitrogen functional groups attached to an aromatic ring is 1. The maximum atomic E-state index is 5.77. The number of nitrogens with zero attached hydrogens (tertiary/aromatic N) is 4. The Morgan fingerprint density at radius 3 is 3.11 bits per heavy atom. The lowest BCUT2D eigenvalue weighted by Crippen LogP contribution is -2.06. The van der Waals surface area contributed by atoms with E-state index in [9.17, 15) is 0 Å².